The van der Waals surface area contributed by atoms with Gasteiger partial charge in [-0.1, -0.05) is 47.9 Å². The third-order valence-electron chi connectivity index (χ3n) is 3.08. The lowest BCUT2D eigenvalue weighted by Crippen LogP contribution is -1.89. The van der Waals surface area contributed by atoms with Gasteiger partial charge in [0, 0.05) is 33.3 Å². The molecule has 0 spiro atoms. The van der Waals surface area contributed by atoms with Gasteiger partial charge in [-0.05, 0) is 35.7 Å². The molecule has 0 aliphatic heterocycles. The smallest absolute Gasteiger partial charge is 0.0478 e. The molecule has 0 radical (unpaired) electrons. The summed E-state index contributed by atoms with van der Waals surface area (Å²) in [7, 11) is 0. The van der Waals surface area contributed by atoms with E-state index in [-0.39, 0.29) is 0 Å². The lowest BCUT2D eigenvalue weighted by Gasteiger charge is -1.97. The van der Waals surface area contributed by atoms with E-state index in [0.29, 0.717) is 5.69 Å². The van der Waals surface area contributed by atoms with Crippen LogP contribution >= 0.6 is 11.3 Å². The summed E-state index contributed by atoms with van der Waals surface area (Å²) in [6.07, 6.45) is 0. The predicted octanol–water partition coefficient (Wildman–Crippen LogP) is 4.13. The highest BCUT2D eigenvalue weighted by atomic mass is 32.1. The molecule has 1 heterocycles. The summed E-state index contributed by atoms with van der Waals surface area (Å²) < 4.78 is 0. The molecule has 0 saturated carbocycles. The Bertz CT molecular complexity index is 900. The first-order valence-corrected chi connectivity index (χ1v) is 7.77. The lowest BCUT2D eigenvalue weighted by atomic mass is 10.1. The molecule has 22 heavy (non-hydrogen) atoms. The van der Waals surface area contributed by atoms with Crippen molar-refractivity contribution in [1.82, 2.24) is 0 Å². The molecule has 1 aromatic heterocycles. The zero-order valence-corrected chi connectivity index (χ0v) is 12.7. The van der Waals surface area contributed by atoms with Gasteiger partial charge in [0.25, 0.3) is 0 Å². The van der Waals surface area contributed by atoms with Gasteiger partial charge < -0.3 is 5.73 Å². The molecule has 2 aromatic carbocycles. The van der Waals surface area contributed by atoms with Gasteiger partial charge in [0.05, 0.1) is 0 Å². The Balaban J connectivity index is 1.95. The van der Waals surface area contributed by atoms with Crippen molar-refractivity contribution in [3.8, 4) is 23.7 Å². The van der Waals surface area contributed by atoms with Gasteiger partial charge in [-0.25, -0.2) is 0 Å². The summed E-state index contributed by atoms with van der Waals surface area (Å²) in [5, 5.41) is 4.06. The molecule has 3 rings (SSSR count). The van der Waals surface area contributed by atoms with Crippen molar-refractivity contribution in [2.24, 2.45) is 0 Å². The lowest BCUT2D eigenvalue weighted by molar-refractivity contribution is 1.58. The molecule has 0 atom stereocenters. The van der Waals surface area contributed by atoms with Crippen molar-refractivity contribution in [3.63, 3.8) is 0 Å². The van der Waals surface area contributed by atoms with Gasteiger partial charge in [0.15, 0.2) is 0 Å². The third-order valence-corrected chi connectivity index (χ3v) is 3.77. The van der Waals surface area contributed by atoms with Gasteiger partial charge >= 0.3 is 0 Å². The van der Waals surface area contributed by atoms with Crippen molar-refractivity contribution in [1.29, 1.82) is 0 Å². The van der Waals surface area contributed by atoms with Gasteiger partial charge in [0.1, 0.15) is 0 Å². The second kappa shape index (κ2) is 6.68. The van der Waals surface area contributed by atoms with Gasteiger partial charge in [-0.3, -0.25) is 0 Å². The highest BCUT2D eigenvalue weighted by Gasteiger charge is 1.96. The van der Waals surface area contributed by atoms with Crippen molar-refractivity contribution in [3.05, 3.63) is 87.6 Å². The van der Waals surface area contributed by atoms with Gasteiger partial charge in [-0.2, -0.15) is 11.3 Å². The fraction of sp³-hybridized carbons (Fsp3) is 0. The molecule has 0 amide bonds. The van der Waals surface area contributed by atoms with Crippen LogP contribution in [0.25, 0.3) is 0 Å². The molecule has 1 nitrogen and oxygen atoms in total. The summed E-state index contributed by atoms with van der Waals surface area (Å²) in [5.74, 6) is 12.6. The number of para-hydroxylation sites is 1. The van der Waals surface area contributed by atoms with Crippen LogP contribution in [-0.2, 0) is 0 Å². The van der Waals surface area contributed by atoms with Crippen LogP contribution in [0, 0.1) is 23.7 Å². The van der Waals surface area contributed by atoms with Crippen LogP contribution in [0.1, 0.15) is 22.3 Å². The maximum absolute atomic E-state index is 5.92. The number of nitrogens with two attached hydrogens (primary N) is 1. The molecule has 0 fully saturated rings. The number of nitrogen functional groups attached to an aromatic ring is 1. The molecule has 2 N–H and O–H groups in total. The van der Waals surface area contributed by atoms with Crippen molar-refractivity contribution in [2.75, 3.05) is 5.73 Å². The quantitative estimate of drug-likeness (QED) is 0.490. The highest BCUT2D eigenvalue weighted by Crippen LogP contribution is 2.11. The average Bonchev–Trinajstić information content (AvgIpc) is 3.06. The van der Waals surface area contributed by atoms with Gasteiger partial charge in [0.2, 0.25) is 0 Å². The number of hydrogen-bond acceptors (Lipinski definition) is 2. The van der Waals surface area contributed by atoms with Crippen molar-refractivity contribution >= 4 is 17.0 Å². The SMILES string of the molecule is Nc1ccccc1C#Cc1ccccc1C#Cc1ccsc1. The summed E-state index contributed by atoms with van der Waals surface area (Å²) >= 11 is 1.64. The predicted molar refractivity (Wildman–Crippen MR) is 93.6 cm³/mol. The Morgan fingerprint density at radius 2 is 1.27 bits per heavy atom. The normalized spacial score (nSPS) is 9.27. The Morgan fingerprint density at radius 3 is 1.91 bits per heavy atom. The van der Waals surface area contributed by atoms with E-state index in [1.54, 1.807) is 11.3 Å². The van der Waals surface area contributed by atoms with Crippen molar-refractivity contribution < 1.29 is 0 Å². The molecule has 0 unspecified atom stereocenters. The van der Waals surface area contributed by atoms with Crippen LogP contribution in [0.5, 0.6) is 0 Å². The first-order valence-electron chi connectivity index (χ1n) is 6.83. The summed E-state index contributed by atoms with van der Waals surface area (Å²) in [6.45, 7) is 0. The standard InChI is InChI=1S/C20H13NS/c21-20-8-4-3-7-19(20)12-11-18-6-2-1-5-17(18)10-9-16-13-14-22-15-16/h1-8,13-15H,21H2. The number of anilines is 1. The van der Waals surface area contributed by atoms with Crippen molar-refractivity contribution in [2.45, 2.75) is 0 Å². The van der Waals surface area contributed by atoms with E-state index >= 15 is 0 Å². The molecule has 3 aromatic rings. The number of hydrogen-bond donors (Lipinski definition) is 1. The molecule has 0 bridgehead atoms. The van der Waals surface area contributed by atoms with E-state index in [4.69, 9.17) is 5.73 Å². The second-order valence-corrected chi connectivity index (χ2v) is 5.42. The minimum Gasteiger partial charge on any atom is -0.398 e. The summed E-state index contributed by atoms with van der Waals surface area (Å²) in [6, 6.07) is 17.5. The van der Waals surface area contributed by atoms with Gasteiger partial charge in [-0.15, -0.1) is 0 Å². The van der Waals surface area contributed by atoms with Crippen LogP contribution in [0.2, 0.25) is 0 Å². The van der Waals surface area contributed by atoms with Crippen LogP contribution in [-0.4, -0.2) is 0 Å². The molecule has 0 aliphatic carbocycles. The monoisotopic (exact) mass is 299 g/mol. The topological polar surface area (TPSA) is 26.0 Å². The summed E-state index contributed by atoms with van der Waals surface area (Å²) in [5.41, 5.74) is 10.3. The maximum Gasteiger partial charge on any atom is 0.0478 e. The first-order chi connectivity index (χ1) is 10.8. The largest absolute Gasteiger partial charge is 0.398 e. The Hall–Kier alpha value is -2.94. The Kier molecular flexibility index (Phi) is 4.25. The molecular formula is C20H13NS. The Morgan fingerprint density at radius 1 is 0.682 bits per heavy atom. The number of rotatable bonds is 0. The van der Waals surface area contributed by atoms with E-state index in [2.05, 4.69) is 23.7 Å². The maximum atomic E-state index is 5.92. The minimum absolute atomic E-state index is 0.692. The molecule has 0 aliphatic rings. The minimum atomic E-state index is 0.692. The van der Waals surface area contributed by atoms with Crippen LogP contribution in [0.15, 0.2) is 65.4 Å². The zero-order chi connectivity index (χ0) is 15.2. The Labute approximate surface area is 134 Å². The fourth-order valence-electron chi connectivity index (χ4n) is 1.92. The van der Waals surface area contributed by atoms with E-state index < -0.39 is 0 Å². The average molecular weight is 299 g/mol. The van der Waals surface area contributed by atoms with Crippen LogP contribution in [0.3, 0.4) is 0 Å². The van der Waals surface area contributed by atoms with E-state index in [1.165, 1.54) is 0 Å². The molecule has 0 saturated heterocycles. The zero-order valence-electron chi connectivity index (χ0n) is 11.8. The highest BCUT2D eigenvalue weighted by molar-refractivity contribution is 7.08. The molecular weight excluding hydrogens is 286 g/mol. The fourth-order valence-corrected chi connectivity index (χ4v) is 2.51. The summed E-state index contributed by atoms with van der Waals surface area (Å²) in [4.78, 5) is 0. The first kappa shape index (κ1) is 14.0. The van der Waals surface area contributed by atoms with E-state index in [0.717, 1.165) is 22.3 Å². The second-order valence-electron chi connectivity index (χ2n) is 4.64. The van der Waals surface area contributed by atoms with E-state index in [9.17, 15) is 0 Å². The van der Waals surface area contributed by atoms with E-state index in [1.807, 2.05) is 65.4 Å². The third kappa shape index (κ3) is 3.38. The number of thiophene rings is 1. The molecule has 104 valence electrons. The van der Waals surface area contributed by atoms with Crippen LogP contribution < -0.4 is 5.73 Å². The number of benzene rings is 2. The molecule has 2 heteroatoms. The van der Waals surface area contributed by atoms with Crippen LogP contribution in [0.4, 0.5) is 5.69 Å².